The Morgan fingerprint density at radius 3 is 2.42 bits per heavy atom. The second kappa shape index (κ2) is 6.36. The second-order valence-electron chi connectivity index (χ2n) is 4.81. The summed E-state index contributed by atoms with van der Waals surface area (Å²) < 4.78 is 4.69. The van der Waals surface area contributed by atoms with Crippen molar-refractivity contribution in [3.05, 3.63) is 35.9 Å². The molecule has 0 spiro atoms. The van der Waals surface area contributed by atoms with E-state index in [1.807, 2.05) is 18.2 Å². The molecule has 0 N–H and O–H groups in total. The molecule has 0 bridgehead atoms. The zero-order valence-electron chi connectivity index (χ0n) is 11.2. The van der Waals surface area contributed by atoms with Crippen LogP contribution in [0.4, 0.5) is 0 Å². The first kappa shape index (κ1) is 13.6. The molecule has 1 aromatic carbocycles. The van der Waals surface area contributed by atoms with Gasteiger partial charge in [0, 0.05) is 11.6 Å². The van der Waals surface area contributed by atoms with Gasteiger partial charge in [0.05, 0.1) is 7.11 Å². The highest BCUT2D eigenvalue weighted by Gasteiger charge is 2.29. The van der Waals surface area contributed by atoms with Gasteiger partial charge in [0.15, 0.2) is 0 Å². The van der Waals surface area contributed by atoms with E-state index in [-0.39, 0.29) is 24.5 Å². The minimum absolute atomic E-state index is 0.0366. The van der Waals surface area contributed by atoms with E-state index in [1.165, 1.54) is 7.11 Å². The monoisotopic (exact) mass is 261 g/mol. The normalized spacial score (nSPS) is 15.2. The third-order valence-corrected chi connectivity index (χ3v) is 3.57. The fourth-order valence-corrected chi connectivity index (χ4v) is 2.53. The van der Waals surface area contributed by atoms with E-state index in [4.69, 9.17) is 4.74 Å². The van der Waals surface area contributed by atoms with E-state index in [2.05, 4.69) is 0 Å². The van der Waals surface area contributed by atoms with Crippen molar-refractivity contribution in [1.29, 1.82) is 0 Å². The van der Waals surface area contributed by atoms with E-state index in [1.54, 1.807) is 17.0 Å². The number of amides is 1. The van der Waals surface area contributed by atoms with Crippen LogP contribution < -0.4 is 0 Å². The van der Waals surface area contributed by atoms with Gasteiger partial charge in [-0.15, -0.1) is 0 Å². The van der Waals surface area contributed by atoms with Crippen LogP contribution in [-0.2, 0) is 9.53 Å². The lowest BCUT2D eigenvalue weighted by molar-refractivity contribution is -0.141. The van der Waals surface area contributed by atoms with Crippen molar-refractivity contribution in [1.82, 2.24) is 4.90 Å². The molecule has 102 valence electrons. The second-order valence-corrected chi connectivity index (χ2v) is 4.81. The first-order valence-corrected chi connectivity index (χ1v) is 6.65. The van der Waals surface area contributed by atoms with Crippen molar-refractivity contribution in [3.8, 4) is 0 Å². The minimum Gasteiger partial charge on any atom is -0.468 e. The fraction of sp³-hybridized carbons (Fsp3) is 0.467. The molecule has 1 aliphatic rings. The predicted molar refractivity (Wildman–Crippen MR) is 71.8 cm³/mol. The molecular formula is C15H19NO3. The molecule has 2 rings (SSSR count). The lowest BCUT2D eigenvalue weighted by Crippen LogP contribution is -2.42. The molecule has 1 saturated carbocycles. The lowest BCUT2D eigenvalue weighted by Gasteiger charge is -2.28. The Balaban J connectivity index is 2.16. The molecule has 0 unspecified atom stereocenters. The number of carbonyl (C=O) groups is 2. The zero-order chi connectivity index (χ0) is 13.7. The maximum Gasteiger partial charge on any atom is 0.325 e. The molecule has 4 nitrogen and oxygen atoms in total. The Bertz CT molecular complexity index is 438. The van der Waals surface area contributed by atoms with Crippen LogP contribution in [0.1, 0.15) is 36.0 Å². The van der Waals surface area contributed by atoms with Crippen LogP contribution in [0.25, 0.3) is 0 Å². The summed E-state index contributed by atoms with van der Waals surface area (Å²) in [6.07, 6.45) is 4.17. The number of hydrogen-bond donors (Lipinski definition) is 0. The topological polar surface area (TPSA) is 46.6 Å². The molecule has 1 aliphatic carbocycles. The Morgan fingerprint density at radius 2 is 1.84 bits per heavy atom. The third kappa shape index (κ3) is 3.34. The van der Waals surface area contributed by atoms with Crippen LogP contribution in [0.15, 0.2) is 30.3 Å². The Hall–Kier alpha value is -1.84. The average Bonchev–Trinajstić information content (AvgIpc) is 2.98. The zero-order valence-corrected chi connectivity index (χ0v) is 11.2. The molecule has 0 aromatic heterocycles. The molecule has 0 radical (unpaired) electrons. The van der Waals surface area contributed by atoms with E-state index in [9.17, 15) is 9.59 Å². The van der Waals surface area contributed by atoms with Crippen LogP contribution in [0.5, 0.6) is 0 Å². The molecule has 1 fully saturated rings. The van der Waals surface area contributed by atoms with E-state index >= 15 is 0 Å². The van der Waals surface area contributed by atoms with Crippen molar-refractivity contribution in [3.63, 3.8) is 0 Å². The van der Waals surface area contributed by atoms with Gasteiger partial charge >= 0.3 is 5.97 Å². The highest BCUT2D eigenvalue weighted by Crippen LogP contribution is 2.24. The van der Waals surface area contributed by atoms with Crippen molar-refractivity contribution >= 4 is 11.9 Å². The number of methoxy groups -OCH3 is 1. The summed E-state index contributed by atoms with van der Waals surface area (Å²) in [4.78, 5) is 25.7. The highest BCUT2D eigenvalue weighted by molar-refractivity contribution is 5.96. The van der Waals surface area contributed by atoms with Gasteiger partial charge in [-0.2, -0.15) is 0 Å². The van der Waals surface area contributed by atoms with Gasteiger partial charge in [0.1, 0.15) is 6.54 Å². The SMILES string of the molecule is COC(=O)CN(C(=O)c1ccccc1)C1CCCC1. The summed E-state index contributed by atoms with van der Waals surface area (Å²) in [5, 5.41) is 0. The molecule has 4 heteroatoms. The summed E-state index contributed by atoms with van der Waals surface area (Å²) in [5.74, 6) is -0.450. The number of hydrogen-bond acceptors (Lipinski definition) is 3. The lowest BCUT2D eigenvalue weighted by atomic mass is 10.1. The summed E-state index contributed by atoms with van der Waals surface area (Å²) in [7, 11) is 1.35. The summed E-state index contributed by atoms with van der Waals surface area (Å²) in [5.41, 5.74) is 0.623. The fourth-order valence-electron chi connectivity index (χ4n) is 2.53. The van der Waals surface area contributed by atoms with E-state index in [0.717, 1.165) is 25.7 Å². The highest BCUT2D eigenvalue weighted by atomic mass is 16.5. The van der Waals surface area contributed by atoms with Gasteiger partial charge < -0.3 is 9.64 Å². The average molecular weight is 261 g/mol. The molecule has 1 amide bonds. The van der Waals surface area contributed by atoms with Crippen LogP contribution in [-0.4, -0.2) is 36.5 Å². The third-order valence-electron chi connectivity index (χ3n) is 3.57. The molecule has 0 atom stereocenters. The first-order chi connectivity index (χ1) is 9.22. The number of carbonyl (C=O) groups excluding carboxylic acids is 2. The van der Waals surface area contributed by atoms with Gasteiger partial charge in [-0.05, 0) is 25.0 Å². The smallest absolute Gasteiger partial charge is 0.325 e. The number of nitrogens with zero attached hydrogens (tertiary/aromatic N) is 1. The molecule has 0 heterocycles. The minimum atomic E-state index is -0.365. The van der Waals surface area contributed by atoms with Crippen LogP contribution in [0, 0.1) is 0 Å². The number of rotatable bonds is 4. The van der Waals surface area contributed by atoms with Gasteiger partial charge in [0.2, 0.25) is 0 Å². The van der Waals surface area contributed by atoms with Gasteiger partial charge in [0.25, 0.3) is 5.91 Å². The van der Waals surface area contributed by atoms with Crippen molar-refractivity contribution in [2.75, 3.05) is 13.7 Å². The quantitative estimate of drug-likeness (QED) is 0.781. The molecule has 1 aromatic rings. The largest absolute Gasteiger partial charge is 0.468 e. The van der Waals surface area contributed by atoms with E-state index < -0.39 is 0 Å². The number of benzene rings is 1. The van der Waals surface area contributed by atoms with Crippen LogP contribution >= 0.6 is 0 Å². The van der Waals surface area contributed by atoms with Crippen molar-refractivity contribution < 1.29 is 14.3 Å². The van der Waals surface area contributed by atoms with Gasteiger partial charge in [-0.25, -0.2) is 0 Å². The summed E-state index contributed by atoms with van der Waals surface area (Å²) >= 11 is 0. The molecule has 0 aliphatic heterocycles. The molecule has 19 heavy (non-hydrogen) atoms. The Morgan fingerprint density at radius 1 is 1.21 bits per heavy atom. The molecule has 0 saturated heterocycles. The van der Waals surface area contributed by atoms with Crippen molar-refractivity contribution in [2.45, 2.75) is 31.7 Å². The number of esters is 1. The molecular weight excluding hydrogens is 242 g/mol. The van der Waals surface area contributed by atoms with Crippen LogP contribution in [0.2, 0.25) is 0 Å². The van der Waals surface area contributed by atoms with Gasteiger partial charge in [-0.3, -0.25) is 9.59 Å². The first-order valence-electron chi connectivity index (χ1n) is 6.65. The van der Waals surface area contributed by atoms with Crippen molar-refractivity contribution in [2.24, 2.45) is 0 Å². The van der Waals surface area contributed by atoms with Crippen LogP contribution in [0.3, 0.4) is 0 Å². The summed E-state index contributed by atoms with van der Waals surface area (Å²) in [6.45, 7) is 0.0366. The maximum absolute atomic E-state index is 12.5. The standard InChI is InChI=1S/C15H19NO3/c1-19-14(17)11-16(13-9-5-6-10-13)15(18)12-7-3-2-4-8-12/h2-4,7-8,13H,5-6,9-11H2,1H3. The Kier molecular flexibility index (Phi) is 4.55. The van der Waals surface area contributed by atoms with E-state index in [0.29, 0.717) is 5.56 Å². The van der Waals surface area contributed by atoms with Gasteiger partial charge in [-0.1, -0.05) is 31.0 Å². The number of ether oxygens (including phenoxy) is 1. The Labute approximate surface area is 113 Å². The predicted octanol–water partition coefficient (Wildman–Crippen LogP) is 2.24. The maximum atomic E-state index is 12.5. The summed E-state index contributed by atoms with van der Waals surface area (Å²) in [6, 6.07) is 9.25.